The van der Waals surface area contributed by atoms with Crippen molar-refractivity contribution in [1.82, 2.24) is 9.88 Å². The second-order valence-electron chi connectivity index (χ2n) is 5.05. The summed E-state index contributed by atoms with van der Waals surface area (Å²) in [5.74, 6) is 0.994. The van der Waals surface area contributed by atoms with Gasteiger partial charge in [0.1, 0.15) is 11.9 Å². The van der Waals surface area contributed by atoms with Crippen molar-refractivity contribution in [3.05, 3.63) is 23.9 Å². The molecule has 1 aromatic heterocycles. The van der Waals surface area contributed by atoms with E-state index in [-0.39, 0.29) is 0 Å². The summed E-state index contributed by atoms with van der Waals surface area (Å²) >= 11 is 0. The summed E-state index contributed by atoms with van der Waals surface area (Å²) in [6.45, 7) is 2.10. The second kappa shape index (κ2) is 5.83. The fourth-order valence-electron chi connectivity index (χ4n) is 2.46. The summed E-state index contributed by atoms with van der Waals surface area (Å²) in [7, 11) is 4.31. The lowest BCUT2D eigenvalue weighted by atomic mass is 10.1. The van der Waals surface area contributed by atoms with E-state index in [0.717, 1.165) is 18.9 Å². The number of nitrogens with zero attached hydrogens (tertiary/aromatic N) is 4. The van der Waals surface area contributed by atoms with E-state index >= 15 is 0 Å². The predicted octanol–water partition coefficient (Wildman–Crippen LogP) is 1.87. The highest BCUT2D eigenvalue weighted by atomic mass is 15.2. The molecule has 1 atom stereocenters. The maximum absolute atomic E-state index is 8.77. The molecule has 0 saturated carbocycles. The Morgan fingerprint density at radius 3 is 2.78 bits per heavy atom. The molecule has 1 aromatic rings. The van der Waals surface area contributed by atoms with Crippen LogP contribution in [-0.2, 0) is 0 Å². The van der Waals surface area contributed by atoms with Crippen LogP contribution in [0, 0.1) is 11.3 Å². The number of anilines is 1. The summed E-state index contributed by atoms with van der Waals surface area (Å²) in [4.78, 5) is 9.01. The van der Waals surface area contributed by atoms with Crippen LogP contribution in [0.25, 0.3) is 0 Å². The highest BCUT2D eigenvalue weighted by Gasteiger charge is 2.19. The minimum atomic E-state index is 0.625. The molecule has 4 heteroatoms. The molecule has 1 aliphatic heterocycles. The van der Waals surface area contributed by atoms with Gasteiger partial charge in [0.05, 0.1) is 5.56 Å². The average Bonchev–Trinajstić information content (AvgIpc) is 2.64. The third-order valence-electron chi connectivity index (χ3n) is 3.63. The van der Waals surface area contributed by atoms with Crippen LogP contribution in [0.15, 0.2) is 18.3 Å². The summed E-state index contributed by atoms with van der Waals surface area (Å²) in [5.41, 5.74) is 0.625. The van der Waals surface area contributed by atoms with Crippen molar-refractivity contribution in [1.29, 1.82) is 5.26 Å². The van der Waals surface area contributed by atoms with Gasteiger partial charge in [-0.15, -0.1) is 0 Å². The molecule has 1 fully saturated rings. The number of aromatic nitrogens is 1. The van der Waals surface area contributed by atoms with Gasteiger partial charge in [-0.25, -0.2) is 4.98 Å². The van der Waals surface area contributed by atoms with Crippen molar-refractivity contribution >= 4 is 5.82 Å². The van der Waals surface area contributed by atoms with E-state index in [1.54, 1.807) is 6.20 Å². The predicted molar refractivity (Wildman–Crippen MR) is 72.5 cm³/mol. The number of nitriles is 1. The molecule has 0 spiro atoms. The first-order chi connectivity index (χ1) is 8.70. The molecule has 4 nitrogen and oxygen atoms in total. The molecule has 0 aromatic carbocycles. The molecule has 2 rings (SSSR count). The first kappa shape index (κ1) is 12.8. The van der Waals surface area contributed by atoms with Crippen LogP contribution in [0.1, 0.15) is 24.8 Å². The van der Waals surface area contributed by atoms with Gasteiger partial charge in [0, 0.05) is 25.3 Å². The van der Waals surface area contributed by atoms with Gasteiger partial charge in [-0.3, -0.25) is 0 Å². The SMILES string of the molecule is CN(C)[C@H]1CCCN(c2ccc(C#N)cn2)CC1. The molecule has 0 radical (unpaired) electrons. The van der Waals surface area contributed by atoms with Crippen LogP contribution in [0.4, 0.5) is 5.82 Å². The van der Waals surface area contributed by atoms with Crippen molar-refractivity contribution in [3.63, 3.8) is 0 Å². The lowest BCUT2D eigenvalue weighted by Crippen LogP contribution is -2.30. The summed E-state index contributed by atoms with van der Waals surface area (Å²) in [5, 5.41) is 8.77. The molecule has 96 valence electrons. The highest BCUT2D eigenvalue weighted by molar-refractivity contribution is 5.41. The molecule has 1 aliphatic rings. The molecule has 1 saturated heterocycles. The Balaban J connectivity index is 2.03. The maximum Gasteiger partial charge on any atom is 0.128 e. The summed E-state index contributed by atoms with van der Waals surface area (Å²) in [6, 6.07) is 6.57. The van der Waals surface area contributed by atoms with Gasteiger partial charge in [0.25, 0.3) is 0 Å². The van der Waals surface area contributed by atoms with Crippen LogP contribution in [0.5, 0.6) is 0 Å². The van der Waals surface area contributed by atoms with E-state index in [2.05, 4.69) is 34.9 Å². The third-order valence-corrected chi connectivity index (χ3v) is 3.63. The van der Waals surface area contributed by atoms with E-state index in [0.29, 0.717) is 11.6 Å². The average molecular weight is 244 g/mol. The van der Waals surface area contributed by atoms with E-state index in [1.165, 1.54) is 19.3 Å². The van der Waals surface area contributed by atoms with Crippen LogP contribution < -0.4 is 4.90 Å². The molecular weight excluding hydrogens is 224 g/mol. The smallest absolute Gasteiger partial charge is 0.128 e. The number of hydrogen-bond donors (Lipinski definition) is 0. The molecule has 2 heterocycles. The zero-order valence-electron chi connectivity index (χ0n) is 11.1. The topological polar surface area (TPSA) is 43.2 Å². The fourth-order valence-corrected chi connectivity index (χ4v) is 2.46. The lowest BCUT2D eigenvalue weighted by Gasteiger charge is -2.24. The van der Waals surface area contributed by atoms with Crippen molar-refractivity contribution in [2.45, 2.75) is 25.3 Å². The number of hydrogen-bond acceptors (Lipinski definition) is 4. The lowest BCUT2D eigenvalue weighted by molar-refractivity contribution is 0.272. The summed E-state index contributed by atoms with van der Waals surface area (Å²) in [6.07, 6.45) is 5.28. The van der Waals surface area contributed by atoms with E-state index in [9.17, 15) is 0 Å². The minimum Gasteiger partial charge on any atom is -0.357 e. The van der Waals surface area contributed by atoms with E-state index in [4.69, 9.17) is 5.26 Å². The number of rotatable bonds is 2. The van der Waals surface area contributed by atoms with Gasteiger partial charge in [0.15, 0.2) is 0 Å². The van der Waals surface area contributed by atoms with Crippen LogP contribution >= 0.6 is 0 Å². The minimum absolute atomic E-state index is 0.625. The zero-order valence-corrected chi connectivity index (χ0v) is 11.1. The third kappa shape index (κ3) is 2.99. The standard InChI is InChI=1S/C14H20N4/c1-17(2)13-4-3-8-18(9-7-13)14-6-5-12(10-15)11-16-14/h5-6,11,13H,3-4,7-9H2,1-2H3/t13-/m0/s1. The molecule has 18 heavy (non-hydrogen) atoms. The van der Waals surface area contributed by atoms with Gasteiger partial charge < -0.3 is 9.80 Å². The maximum atomic E-state index is 8.77. The zero-order chi connectivity index (χ0) is 13.0. The van der Waals surface area contributed by atoms with Gasteiger partial charge in [0.2, 0.25) is 0 Å². The molecule has 0 aliphatic carbocycles. The largest absolute Gasteiger partial charge is 0.357 e. The molecular formula is C14H20N4. The Hall–Kier alpha value is -1.60. The number of pyridine rings is 1. The van der Waals surface area contributed by atoms with Crippen molar-refractivity contribution in [3.8, 4) is 6.07 Å². The van der Waals surface area contributed by atoms with Crippen LogP contribution in [0.3, 0.4) is 0 Å². The second-order valence-corrected chi connectivity index (χ2v) is 5.05. The molecule has 0 N–H and O–H groups in total. The first-order valence-electron chi connectivity index (χ1n) is 6.48. The highest BCUT2D eigenvalue weighted by Crippen LogP contribution is 2.19. The quantitative estimate of drug-likeness (QED) is 0.796. The monoisotopic (exact) mass is 244 g/mol. The molecule has 0 bridgehead atoms. The summed E-state index contributed by atoms with van der Waals surface area (Å²) < 4.78 is 0. The van der Waals surface area contributed by atoms with Gasteiger partial charge in [-0.1, -0.05) is 0 Å². The van der Waals surface area contributed by atoms with Crippen molar-refractivity contribution < 1.29 is 0 Å². The van der Waals surface area contributed by atoms with Gasteiger partial charge in [-0.05, 0) is 45.5 Å². The van der Waals surface area contributed by atoms with Gasteiger partial charge >= 0.3 is 0 Å². The van der Waals surface area contributed by atoms with Crippen LogP contribution in [0.2, 0.25) is 0 Å². The fraction of sp³-hybridized carbons (Fsp3) is 0.571. The Kier molecular flexibility index (Phi) is 4.16. The Bertz CT molecular complexity index is 418. The Labute approximate surface area is 109 Å². The molecule has 0 unspecified atom stereocenters. The van der Waals surface area contributed by atoms with E-state index < -0.39 is 0 Å². The Morgan fingerprint density at radius 1 is 1.33 bits per heavy atom. The normalized spacial score (nSPS) is 20.6. The van der Waals surface area contributed by atoms with Gasteiger partial charge in [-0.2, -0.15) is 5.26 Å². The van der Waals surface area contributed by atoms with Crippen LogP contribution in [-0.4, -0.2) is 43.1 Å². The van der Waals surface area contributed by atoms with Crippen molar-refractivity contribution in [2.24, 2.45) is 0 Å². The van der Waals surface area contributed by atoms with E-state index in [1.807, 2.05) is 12.1 Å². The Morgan fingerprint density at radius 2 is 2.17 bits per heavy atom. The van der Waals surface area contributed by atoms with Crippen molar-refractivity contribution in [2.75, 3.05) is 32.1 Å². The molecule has 0 amide bonds. The first-order valence-corrected chi connectivity index (χ1v) is 6.48.